The molecule has 96 valence electrons. The maximum atomic E-state index is 11.3. The lowest BCUT2D eigenvalue weighted by Gasteiger charge is -2.22. The zero-order valence-electron chi connectivity index (χ0n) is 9.64. The van der Waals surface area contributed by atoms with E-state index in [-0.39, 0.29) is 13.2 Å². The van der Waals surface area contributed by atoms with Crippen molar-refractivity contribution in [3.05, 3.63) is 17.7 Å². The van der Waals surface area contributed by atoms with Crippen LogP contribution in [0.3, 0.4) is 0 Å². The van der Waals surface area contributed by atoms with Crippen LogP contribution in [0.1, 0.15) is 12.0 Å². The van der Waals surface area contributed by atoms with Crippen LogP contribution >= 0.6 is 11.8 Å². The number of carboxylic acids is 1. The molecule has 1 unspecified atom stereocenters. The predicted molar refractivity (Wildman–Crippen MR) is 66.2 cm³/mol. The Labute approximate surface area is 108 Å². The number of nitrogens with two attached hydrogens (primary N) is 1. The molecule has 6 heteroatoms. The van der Waals surface area contributed by atoms with Gasteiger partial charge in [-0.3, -0.25) is 4.79 Å². The molecule has 0 amide bonds. The fourth-order valence-electron chi connectivity index (χ4n) is 2.24. The van der Waals surface area contributed by atoms with Crippen molar-refractivity contribution in [1.29, 1.82) is 0 Å². The van der Waals surface area contributed by atoms with E-state index in [4.69, 9.17) is 15.2 Å². The van der Waals surface area contributed by atoms with Gasteiger partial charge in [0.05, 0.1) is 0 Å². The first-order valence-corrected chi connectivity index (χ1v) is 6.65. The molecule has 2 aliphatic heterocycles. The summed E-state index contributed by atoms with van der Waals surface area (Å²) in [5.41, 5.74) is 5.64. The highest BCUT2D eigenvalue weighted by Gasteiger charge is 2.38. The Balaban J connectivity index is 2.08. The minimum absolute atomic E-state index is 0.182. The Bertz CT molecular complexity index is 519. The number of hydrogen-bond acceptors (Lipinski definition) is 5. The first-order valence-electron chi connectivity index (χ1n) is 5.67. The van der Waals surface area contributed by atoms with E-state index >= 15 is 0 Å². The van der Waals surface area contributed by atoms with Gasteiger partial charge in [-0.05, 0) is 18.6 Å². The average Bonchev–Trinajstić information content (AvgIpc) is 2.73. The van der Waals surface area contributed by atoms with Crippen LogP contribution in [0.2, 0.25) is 0 Å². The van der Waals surface area contributed by atoms with Gasteiger partial charge in [0.2, 0.25) is 6.79 Å². The molecule has 2 heterocycles. The third-order valence-electron chi connectivity index (χ3n) is 3.32. The molecule has 3 N–H and O–H groups in total. The van der Waals surface area contributed by atoms with Gasteiger partial charge < -0.3 is 20.3 Å². The van der Waals surface area contributed by atoms with Crippen molar-refractivity contribution < 1.29 is 19.4 Å². The summed E-state index contributed by atoms with van der Waals surface area (Å²) in [7, 11) is 0. The number of hydrogen-bond donors (Lipinski definition) is 2. The number of carbonyl (C=O) groups is 1. The number of ether oxygens (including phenoxy) is 2. The summed E-state index contributed by atoms with van der Waals surface area (Å²) in [5.74, 6) is 1.05. The van der Waals surface area contributed by atoms with Gasteiger partial charge in [0.1, 0.15) is 5.54 Å². The number of carboxylic acid groups (broad SMARTS) is 1. The van der Waals surface area contributed by atoms with E-state index < -0.39 is 11.5 Å². The molecular weight excluding hydrogens is 254 g/mol. The summed E-state index contributed by atoms with van der Waals surface area (Å²) in [6.45, 7) is 0.182. The lowest BCUT2D eigenvalue weighted by atomic mass is 9.89. The topological polar surface area (TPSA) is 81.8 Å². The fourth-order valence-corrected chi connectivity index (χ4v) is 3.43. The molecule has 5 nitrogen and oxygen atoms in total. The van der Waals surface area contributed by atoms with E-state index in [1.807, 2.05) is 12.1 Å². The Hall–Kier alpha value is -1.40. The highest BCUT2D eigenvalue weighted by molar-refractivity contribution is 7.99. The van der Waals surface area contributed by atoms with E-state index in [0.29, 0.717) is 23.7 Å². The van der Waals surface area contributed by atoms with Crippen LogP contribution in [0, 0.1) is 0 Å². The van der Waals surface area contributed by atoms with Gasteiger partial charge in [0.25, 0.3) is 0 Å². The second-order valence-electron chi connectivity index (χ2n) is 4.51. The normalized spacial score (nSPS) is 25.4. The third-order valence-corrected chi connectivity index (χ3v) is 4.42. The van der Waals surface area contributed by atoms with Crippen LogP contribution in [-0.4, -0.2) is 29.2 Å². The minimum atomic E-state index is -1.22. The van der Waals surface area contributed by atoms with Gasteiger partial charge in [-0.1, -0.05) is 0 Å². The summed E-state index contributed by atoms with van der Waals surface area (Å²) < 4.78 is 10.8. The fraction of sp³-hybridized carbons (Fsp3) is 0.417. The predicted octanol–water partition coefficient (Wildman–Crippen LogP) is 1.24. The number of benzene rings is 1. The molecule has 1 aromatic carbocycles. The van der Waals surface area contributed by atoms with Crippen molar-refractivity contribution in [1.82, 2.24) is 0 Å². The number of rotatable bonds is 1. The Kier molecular flexibility index (Phi) is 2.64. The van der Waals surface area contributed by atoms with Crippen LogP contribution in [0.15, 0.2) is 17.0 Å². The van der Waals surface area contributed by atoms with Crippen molar-refractivity contribution in [3.63, 3.8) is 0 Å². The lowest BCUT2D eigenvalue weighted by molar-refractivity contribution is -0.143. The number of thioether (sulfide) groups is 1. The molecule has 1 atom stereocenters. The summed E-state index contributed by atoms with van der Waals surface area (Å²) in [4.78, 5) is 12.4. The Morgan fingerprint density at radius 2 is 2.28 bits per heavy atom. The molecular formula is C12H13NO4S. The molecule has 0 saturated heterocycles. The van der Waals surface area contributed by atoms with E-state index in [9.17, 15) is 9.90 Å². The lowest BCUT2D eigenvalue weighted by Crippen LogP contribution is -2.50. The molecule has 2 aliphatic rings. The standard InChI is InChI=1S/C12H13NO4S/c13-12(11(14)15)3-4-18-9-2-1-8-10(7(9)5-12)17-6-16-8/h1-2H,3-6,13H2,(H,14,15). The van der Waals surface area contributed by atoms with E-state index in [1.54, 1.807) is 11.8 Å². The van der Waals surface area contributed by atoms with E-state index in [0.717, 1.165) is 10.5 Å². The second-order valence-corrected chi connectivity index (χ2v) is 5.65. The summed E-state index contributed by atoms with van der Waals surface area (Å²) in [5, 5.41) is 9.29. The molecule has 0 aliphatic carbocycles. The van der Waals surface area contributed by atoms with Gasteiger partial charge >= 0.3 is 5.97 Å². The Morgan fingerprint density at radius 1 is 1.44 bits per heavy atom. The van der Waals surface area contributed by atoms with Gasteiger partial charge in [-0.2, -0.15) is 0 Å². The molecule has 0 spiro atoms. The molecule has 0 saturated carbocycles. The molecule has 0 fully saturated rings. The van der Waals surface area contributed by atoms with Crippen LogP contribution in [-0.2, 0) is 11.2 Å². The van der Waals surface area contributed by atoms with Gasteiger partial charge in [0, 0.05) is 22.6 Å². The monoisotopic (exact) mass is 267 g/mol. The van der Waals surface area contributed by atoms with Gasteiger partial charge in [-0.15, -0.1) is 11.8 Å². The SMILES string of the molecule is NC1(C(=O)O)CCSc2ccc3c(c2C1)OCO3. The largest absolute Gasteiger partial charge is 0.480 e. The smallest absolute Gasteiger partial charge is 0.324 e. The molecule has 18 heavy (non-hydrogen) atoms. The highest BCUT2D eigenvalue weighted by Crippen LogP contribution is 2.44. The zero-order chi connectivity index (χ0) is 12.8. The molecule has 3 rings (SSSR count). The third kappa shape index (κ3) is 1.72. The van der Waals surface area contributed by atoms with Crippen molar-refractivity contribution in [2.45, 2.75) is 23.3 Å². The van der Waals surface area contributed by atoms with Crippen molar-refractivity contribution in [2.75, 3.05) is 12.5 Å². The first-order chi connectivity index (χ1) is 8.60. The number of aliphatic carboxylic acids is 1. The van der Waals surface area contributed by atoms with Crippen LogP contribution < -0.4 is 15.2 Å². The summed E-state index contributed by atoms with van der Waals surface area (Å²) >= 11 is 1.62. The van der Waals surface area contributed by atoms with Crippen molar-refractivity contribution >= 4 is 17.7 Å². The molecule has 0 aromatic heterocycles. The minimum Gasteiger partial charge on any atom is -0.480 e. The van der Waals surface area contributed by atoms with Crippen LogP contribution in [0.5, 0.6) is 11.5 Å². The Morgan fingerprint density at radius 3 is 3.06 bits per heavy atom. The maximum absolute atomic E-state index is 11.3. The molecule has 0 bridgehead atoms. The zero-order valence-corrected chi connectivity index (χ0v) is 10.5. The van der Waals surface area contributed by atoms with E-state index in [2.05, 4.69) is 0 Å². The molecule has 0 radical (unpaired) electrons. The highest BCUT2D eigenvalue weighted by atomic mass is 32.2. The quantitative estimate of drug-likeness (QED) is 0.796. The van der Waals surface area contributed by atoms with Crippen molar-refractivity contribution in [3.8, 4) is 11.5 Å². The first kappa shape index (κ1) is 11.7. The van der Waals surface area contributed by atoms with Gasteiger partial charge in [-0.25, -0.2) is 0 Å². The second kappa shape index (κ2) is 4.07. The van der Waals surface area contributed by atoms with Crippen LogP contribution in [0.25, 0.3) is 0 Å². The maximum Gasteiger partial charge on any atom is 0.324 e. The van der Waals surface area contributed by atoms with Gasteiger partial charge in [0.15, 0.2) is 11.5 Å². The van der Waals surface area contributed by atoms with Crippen molar-refractivity contribution in [2.24, 2.45) is 5.73 Å². The summed E-state index contributed by atoms with van der Waals surface area (Å²) in [6.07, 6.45) is 0.717. The average molecular weight is 267 g/mol. The summed E-state index contributed by atoms with van der Waals surface area (Å²) in [6, 6.07) is 3.81. The van der Waals surface area contributed by atoms with E-state index in [1.165, 1.54) is 0 Å². The van der Waals surface area contributed by atoms with Crippen LogP contribution in [0.4, 0.5) is 0 Å². The molecule has 1 aromatic rings. The number of fused-ring (bicyclic) bond motifs is 3.